The first-order chi connectivity index (χ1) is 12.9. The minimum atomic E-state index is 0.0454. The van der Waals surface area contributed by atoms with Crippen LogP contribution in [0, 0.1) is 26.7 Å². The van der Waals surface area contributed by atoms with Crippen molar-refractivity contribution in [1.29, 1.82) is 0 Å². The number of hydrogen-bond acceptors (Lipinski definition) is 2. The predicted octanol–water partition coefficient (Wildman–Crippen LogP) is 4.63. The van der Waals surface area contributed by atoms with Gasteiger partial charge in [0.05, 0.1) is 17.8 Å². The number of imidazole rings is 1. The van der Waals surface area contributed by atoms with Crippen LogP contribution in [0.3, 0.4) is 0 Å². The van der Waals surface area contributed by atoms with Gasteiger partial charge in [0.2, 0.25) is 5.91 Å². The van der Waals surface area contributed by atoms with Gasteiger partial charge in [0.25, 0.3) is 0 Å². The molecule has 2 heterocycles. The summed E-state index contributed by atoms with van der Waals surface area (Å²) in [5, 5.41) is 3.05. The number of nitrogens with one attached hydrogen (secondary N) is 1. The first-order valence-corrected chi connectivity index (χ1v) is 9.67. The Morgan fingerprint density at radius 2 is 1.89 bits per heavy atom. The number of aromatic nitrogens is 2. The largest absolute Gasteiger partial charge is 0.356 e. The highest BCUT2D eigenvalue weighted by molar-refractivity contribution is 5.82. The van der Waals surface area contributed by atoms with Crippen molar-refractivity contribution < 1.29 is 4.79 Å². The van der Waals surface area contributed by atoms with E-state index in [1.54, 1.807) is 0 Å². The van der Waals surface area contributed by atoms with E-state index in [2.05, 4.69) is 68.6 Å². The Balaban J connectivity index is 2.00. The summed E-state index contributed by atoms with van der Waals surface area (Å²) in [4.78, 5) is 17.5. The molecular weight excluding hydrogens is 334 g/mol. The van der Waals surface area contributed by atoms with Crippen LogP contribution >= 0.6 is 0 Å². The van der Waals surface area contributed by atoms with E-state index in [0.29, 0.717) is 18.9 Å². The number of benzene rings is 1. The Kier molecular flexibility index (Phi) is 5.64. The molecule has 0 atom stereocenters. The van der Waals surface area contributed by atoms with Gasteiger partial charge in [0.1, 0.15) is 5.65 Å². The molecule has 0 fully saturated rings. The Bertz CT molecular complexity index is 969. The fraction of sp³-hybridized carbons (Fsp3) is 0.391. The van der Waals surface area contributed by atoms with Crippen LogP contribution in [0.15, 0.2) is 36.5 Å². The molecule has 1 aromatic carbocycles. The number of carbonyl (C=O) groups is 1. The number of carbonyl (C=O) groups excluding carboxylic acids is 1. The maximum atomic E-state index is 12.6. The predicted molar refractivity (Wildman–Crippen MR) is 111 cm³/mol. The van der Waals surface area contributed by atoms with E-state index >= 15 is 0 Å². The maximum Gasteiger partial charge on any atom is 0.226 e. The summed E-state index contributed by atoms with van der Waals surface area (Å²) in [6, 6.07) is 10.4. The smallest absolute Gasteiger partial charge is 0.226 e. The van der Waals surface area contributed by atoms with E-state index in [0.717, 1.165) is 34.6 Å². The van der Waals surface area contributed by atoms with Gasteiger partial charge in [-0.1, -0.05) is 32.0 Å². The zero-order valence-electron chi connectivity index (χ0n) is 17.0. The molecule has 0 aliphatic heterocycles. The van der Waals surface area contributed by atoms with Crippen LogP contribution in [0.2, 0.25) is 0 Å². The fourth-order valence-electron chi connectivity index (χ4n) is 3.26. The third kappa shape index (κ3) is 4.21. The van der Waals surface area contributed by atoms with Crippen molar-refractivity contribution in [1.82, 2.24) is 14.7 Å². The lowest BCUT2D eigenvalue weighted by Gasteiger charge is -2.09. The summed E-state index contributed by atoms with van der Waals surface area (Å²) in [7, 11) is 0. The van der Waals surface area contributed by atoms with Crippen molar-refractivity contribution in [3.8, 4) is 11.3 Å². The molecule has 1 N–H and O–H groups in total. The standard InChI is InChI=1S/C23H29N3O/c1-15(2)10-11-24-21(27)14-20-22(19-9-8-16(3)18(5)13-19)25-23-17(4)7-6-12-26(20)23/h6-9,12-13,15H,10-11,14H2,1-5H3,(H,24,27). The molecular formula is C23H29N3O. The van der Waals surface area contributed by atoms with Crippen molar-refractivity contribution >= 4 is 11.6 Å². The van der Waals surface area contributed by atoms with Crippen LogP contribution in [0.1, 0.15) is 42.7 Å². The lowest BCUT2D eigenvalue weighted by Crippen LogP contribution is -2.27. The van der Waals surface area contributed by atoms with Gasteiger partial charge >= 0.3 is 0 Å². The number of aryl methyl sites for hydroxylation is 3. The van der Waals surface area contributed by atoms with Gasteiger partial charge in [-0.25, -0.2) is 4.98 Å². The van der Waals surface area contributed by atoms with Gasteiger partial charge in [0.15, 0.2) is 0 Å². The van der Waals surface area contributed by atoms with Gasteiger partial charge in [-0.05, 0) is 61.9 Å². The van der Waals surface area contributed by atoms with Gasteiger partial charge in [-0.3, -0.25) is 4.79 Å². The third-order valence-electron chi connectivity index (χ3n) is 5.10. The number of nitrogens with zero attached hydrogens (tertiary/aromatic N) is 2. The Morgan fingerprint density at radius 1 is 1.11 bits per heavy atom. The minimum Gasteiger partial charge on any atom is -0.356 e. The summed E-state index contributed by atoms with van der Waals surface area (Å²) in [5.74, 6) is 0.624. The minimum absolute atomic E-state index is 0.0454. The van der Waals surface area contributed by atoms with Gasteiger partial charge in [-0.15, -0.1) is 0 Å². The molecule has 142 valence electrons. The second-order valence-corrected chi connectivity index (χ2v) is 7.80. The van der Waals surface area contributed by atoms with Crippen LogP contribution < -0.4 is 5.32 Å². The highest BCUT2D eigenvalue weighted by Crippen LogP contribution is 2.27. The molecule has 0 aliphatic rings. The molecule has 4 nitrogen and oxygen atoms in total. The Hall–Kier alpha value is -2.62. The van der Waals surface area contributed by atoms with Crippen LogP contribution in [-0.4, -0.2) is 21.8 Å². The summed E-state index contributed by atoms with van der Waals surface area (Å²) < 4.78 is 2.06. The van der Waals surface area contributed by atoms with E-state index in [9.17, 15) is 4.79 Å². The van der Waals surface area contributed by atoms with E-state index < -0.39 is 0 Å². The molecule has 3 aromatic rings. The molecule has 0 spiro atoms. The van der Waals surface area contributed by atoms with Crippen LogP contribution in [0.4, 0.5) is 0 Å². The Morgan fingerprint density at radius 3 is 2.59 bits per heavy atom. The van der Waals surface area contributed by atoms with Crippen molar-refractivity contribution in [3.05, 3.63) is 58.9 Å². The third-order valence-corrected chi connectivity index (χ3v) is 5.10. The lowest BCUT2D eigenvalue weighted by atomic mass is 10.0. The average molecular weight is 364 g/mol. The van der Waals surface area contributed by atoms with Crippen molar-refractivity contribution in [3.63, 3.8) is 0 Å². The summed E-state index contributed by atoms with van der Waals surface area (Å²) in [5.41, 5.74) is 7.40. The molecule has 0 radical (unpaired) electrons. The SMILES string of the molecule is Cc1ccc(-c2nc3c(C)cccn3c2CC(=O)NCCC(C)C)cc1C. The molecule has 0 aliphatic carbocycles. The van der Waals surface area contributed by atoms with Crippen LogP contribution in [0.5, 0.6) is 0 Å². The van der Waals surface area contributed by atoms with Gasteiger partial charge in [0, 0.05) is 18.3 Å². The number of hydrogen-bond donors (Lipinski definition) is 1. The average Bonchev–Trinajstić information content (AvgIpc) is 2.97. The molecule has 0 unspecified atom stereocenters. The quantitative estimate of drug-likeness (QED) is 0.694. The molecule has 1 amide bonds. The molecule has 27 heavy (non-hydrogen) atoms. The van der Waals surface area contributed by atoms with Crippen LogP contribution in [0.25, 0.3) is 16.9 Å². The summed E-state index contributed by atoms with van der Waals surface area (Å²) in [6.07, 6.45) is 3.31. The fourth-order valence-corrected chi connectivity index (χ4v) is 3.26. The molecule has 0 bridgehead atoms. The number of pyridine rings is 1. The lowest BCUT2D eigenvalue weighted by molar-refractivity contribution is -0.120. The van der Waals surface area contributed by atoms with E-state index in [4.69, 9.17) is 4.98 Å². The molecule has 0 saturated heterocycles. The first kappa shape index (κ1) is 19.2. The van der Waals surface area contributed by atoms with Crippen molar-refractivity contribution in [2.75, 3.05) is 6.54 Å². The second-order valence-electron chi connectivity index (χ2n) is 7.80. The molecule has 0 saturated carbocycles. The summed E-state index contributed by atoms with van der Waals surface area (Å²) >= 11 is 0. The van der Waals surface area contributed by atoms with Gasteiger partial charge in [-0.2, -0.15) is 0 Å². The van der Waals surface area contributed by atoms with E-state index in [1.165, 1.54) is 11.1 Å². The molecule has 2 aromatic heterocycles. The molecule has 3 rings (SSSR count). The number of fused-ring (bicyclic) bond motifs is 1. The normalized spacial score (nSPS) is 11.3. The Labute approximate surface area is 161 Å². The van der Waals surface area contributed by atoms with Crippen molar-refractivity contribution in [2.24, 2.45) is 5.92 Å². The highest BCUT2D eigenvalue weighted by atomic mass is 16.1. The van der Waals surface area contributed by atoms with E-state index in [1.807, 2.05) is 12.3 Å². The maximum absolute atomic E-state index is 12.6. The second kappa shape index (κ2) is 7.95. The number of amides is 1. The first-order valence-electron chi connectivity index (χ1n) is 9.67. The topological polar surface area (TPSA) is 46.4 Å². The van der Waals surface area contributed by atoms with Crippen LogP contribution in [-0.2, 0) is 11.2 Å². The molecule has 4 heteroatoms. The zero-order valence-corrected chi connectivity index (χ0v) is 17.0. The highest BCUT2D eigenvalue weighted by Gasteiger charge is 2.18. The van der Waals surface area contributed by atoms with Crippen molar-refractivity contribution in [2.45, 2.75) is 47.5 Å². The van der Waals surface area contributed by atoms with Gasteiger partial charge < -0.3 is 9.72 Å². The monoisotopic (exact) mass is 363 g/mol. The number of rotatable bonds is 6. The van der Waals surface area contributed by atoms with E-state index in [-0.39, 0.29) is 5.91 Å². The zero-order chi connectivity index (χ0) is 19.6. The summed E-state index contributed by atoms with van der Waals surface area (Å²) in [6.45, 7) is 11.3.